The van der Waals surface area contributed by atoms with Gasteiger partial charge in [-0.3, -0.25) is 9.59 Å². The van der Waals surface area contributed by atoms with E-state index in [1.807, 2.05) is 0 Å². The number of benzene rings is 2. The molecule has 2 amide bonds. The Morgan fingerprint density at radius 2 is 1.78 bits per heavy atom. The van der Waals surface area contributed by atoms with E-state index in [1.54, 1.807) is 41.3 Å². The van der Waals surface area contributed by atoms with Crippen LogP contribution in [0.15, 0.2) is 53.0 Å². The molecule has 0 bridgehead atoms. The predicted octanol–water partition coefficient (Wildman–Crippen LogP) is 3.12. The SMILES string of the molecule is O=C(N[C@@H]1CC(=O)N(c2ccc(F)cc2)C1)c1ccc(Br)cc1. The van der Waals surface area contributed by atoms with E-state index >= 15 is 0 Å². The number of carbonyl (C=O) groups is 2. The lowest BCUT2D eigenvalue weighted by Crippen LogP contribution is -2.37. The fourth-order valence-electron chi connectivity index (χ4n) is 2.54. The highest BCUT2D eigenvalue weighted by atomic mass is 79.9. The highest BCUT2D eigenvalue weighted by Gasteiger charge is 2.31. The minimum Gasteiger partial charge on any atom is -0.347 e. The lowest BCUT2D eigenvalue weighted by molar-refractivity contribution is -0.117. The van der Waals surface area contributed by atoms with Gasteiger partial charge in [0.2, 0.25) is 5.91 Å². The molecular weight excluding hydrogens is 363 g/mol. The van der Waals surface area contributed by atoms with Crippen molar-refractivity contribution in [3.05, 3.63) is 64.4 Å². The van der Waals surface area contributed by atoms with Crippen LogP contribution in [0.5, 0.6) is 0 Å². The summed E-state index contributed by atoms with van der Waals surface area (Å²) in [6, 6.07) is 12.5. The molecule has 1 aliphatic rings. The maximum absolute atomic E-state index is 13.0. The molecule has 2 aromatic carbocycles. The van der Waals surface area contributed by atoms with Gasteiger partial charge >= 0.3 is 0 Å². The predicted molar refractivity (Wildman–Crippen MR) is 88.8 cm³/mol. The molecule has 0 spiro atoms. The van der Waals surface area contributed by atoms with Gasteiger partial charge in [-0.25, -0.2) is 4.39 Å². The molecule has 3 rings (SSSR count). The molecule has 6 heteroatoms. The molecular formula is C17H14BrFN2O2. The van der Waals surface area contributed by atoms with Crippen molar-refractivity contribution in [3.8, 4) is 0 Å². The lowest BCUT2D eigenvalue weighted by Gasteiger charge is -2.17. The smallest absolute Gasteiger partial charge is 0.251 e. The van der Waals surface area contributed by atoms with Gasteiger partial charge in [0.05, 0.1) is 6.04 Å². The van der Waals surface area contributed by atoms with E-state index in [1.165, 1.54) is 12.1 Å². The van der Waals surface area contributed by atoms with Gasteiger partial charge in [-0.2, -0.15) is 0 Å². The number of anilines is 1. The van der Waals surface area contributed by atoms with E-state index in [0.29, 0.717) is 17.8 Å². The number of carbonyl (C=O) groups excluding carboxylic acids is 2. The Labute approximate surface area is 141 Å². The zero-order valence-corrected chi connectivity index (χ0v) is 13.7. The molecule has 1 heterocycles. The zero-order chi connectivity index (χ0) is 16.4. The molecule has 23 heavy (non-hydrogen) atoms. The Hall–Kier alpha value is -2.21. The highest BCUT2D eigenvalue weighted by Crippen LogP contribution is 2.22. The van der Waals surface area contributed by atoms with Gasteiger partial charge < -0.3 is 10.2 Å². The number of halogens is 2. The summed E-state index contributed by atoms with van der Waals surface area (Å²) in [7, 11) is 0. The van der Waals surface area contributed by atoms with E-state index in [-0.39, 0.29) is 30.1 Å². The lowest BCUT2D eigenvalue weighted by atomic mass is 10.2. The van der Waals surface area contributed by atoms with Crippen molar-refractivity contribution in [2.24, 2.45) is 0 Å². The van der Waals surface area contributed by atoms with Gasteiger partial charge in [0, 0.05) is 28.7 Å². The Kier molecular flexibility index (Phi) is 4.43. The molecule has 1 N–H and O–H groups in total. The number of nitrogens with zero attached hydrogens (tertiary/aromatic N) is 1. The number of amides is 2. The van der Waals surface area contributed by atoms with Crippen LogP contribution in [0.3, 0.4) is 0 Å². The molecule has 1 atom stereocenters. The quantitative estimate of drug-likeness (QED) is 0.894. The first-order valence-corrected chi connectivity index (χ1v) is 7.94. The number of hydrogen-bond donors (Lipinski definition) is 1. The van der Waals surface area contributed by atoms with E-state index in [9.17, 15) is 14.0 Å². The monoisotopic (exact) mass is 376 g/mol. The van der Waals surface area contributed by atoms with Crippen molar-refractivity contribution in [1.29, 1.82) is 0 Å². The minimum absolute atomic E-state index is 0.0854. The van der Waals surface area contributed by atoms with Crippen molar-refractivity contribution < 1.29 is 14.0 Å². The average molecular weight is 377 g/mol. The van der Waals surface area contributed by atoms with Crippen molar-refractivity contribution in [3.63, 3.8) is 0 Å². The third-order valence-corrected chi connectivity index (χ3v) is 4.23. The van der Waals surface area contributed by atoms with Crippen LogP contribution in [-0.4, -0.2) is 24.4 Å². The van der Waals surface area contributed by atoms with Crippen LogP contribution in [0.2, 0.25) is 0 Å². The van der Waals surface area contributed by atoms with Gasteiger partial charge in [0.25, 0.3) is 5.91 Å². The van der Waals surface area contributed by atoms with Gasteiger partial charge in [0.1, 0.15) is 5.82 Å². The summed E-state index contributed by atoms with van der Waals surface area (Å²) in [5.41, 5.74) is 1.18. The van der Waals surface area contributed by atoms with Crippen LogP contribution < -0.4 is 10.2 Å². The van der Waals surface area contributed by atoms with Gasteiger partial charge in [0.15, 0.2) is 0 Å². The summed E-state index contributed by atoms with van der Waals surface area (Å²) >= 11 is 3.32. The molecule has 0 aromatic heterocycles. The summed E-state index contributed by atoms with van der Waals surface area (Å²) in [6.07, 6.45) is 0.236. The number of rotatable bonds is 3. The largest absolute Gasteiger partial charge is 0.347 e. The van der Waals surface area contributed by atoms with Crippen LogP contribution in [0.1, 0.15) is 16.8 Å². The molecule has 0 unspecified atom stereocenters. The second-order valence-electron chi connectivity index (χ2n) is 5.36. The van der Waals surface area contributed by atoms with Crippen molar-refractivity contribution in [2.45, 2.75) is 12.5 Å². The molecule has 1 aliphatic heterocycles. The topological polar surface area (TPSA) is 49.4 Å². The zero-order valence-electron chi connectivity index (χ0n) is 12.1. The number of hydrogen-bond acceptors (Lipinski definition) is 2. The molecule has 2 aromatic rings. The Bertz CT molecular complexity index is 731. The van der Waals surface area contributed by atoms with Crippen molar-refractivity contribution in [2.75, 3.05) is 11.4 Å². The first-order valence-electron chi connectivity index (χ1n) is 7.15. The third-order valence-electron chi connectivity index (χ3n) is 3.70. The standard InChI is InChI=1S/C17H14BrFN2O2/c18-12-3-1-11(2-4-12)17(23)20-14-9-16(22)21(10-14)15-7-5-13(19)6-8-15/h1-8,14H,9-10H2,(H,20,23)/t14-/m1/s1. The summed E-state index contributed by atoms with van der Waals surface area (Å²) < 4.78 is 13.9. The fourth-order valence-corrected chi connectivity index (χ4v) is 2.81. The Morgan fingerprint density at radius 1 is 1.13 bits per heavy atom. The molecule has 1 fully saturated rings. The van der Waals surface area contributed by atoms with E-state index in [4.69, 9.17) is 0 Å². The molecule has 0 aliphatic carbocycles. The summed E-state index contributed by atoms with van der Waals surface area (Å²) in [5.74, 6) is -0.644. The molecule has 4 nitrogen and oxygen atoms in total. The van der Waals surface area contributed by atoms with Gasteiger partial charge in [-0.05, 0) is 48.5 Å². The van der Waals surface area contributed by atoms with Crippen LogP contribution >= 0.6 is 15.9 Å². The molecule has 118 valence electrons. The van der Waals surface area contributed by atoms with Crippen LogP contribution in [0.4, 0.5) is 10.1 Å². The Balaban J connectivity index is 1.66. The first-order chi connectivity index (χ1) is 11.0. The number of nitrogens with one attached hydrogen (secondary N) is 1. The van der Waals surface area contributed by atoms with Gasteiger partial charge in [-0.1, -0.05) is 15.9 Å². The highest BCUT2D eigenvalue weighted by molar-refractivity contribution is 9.10. The molecule has 0 radical (unpaired) electrons. The van der Waals surface area contributed by atoms with E-state index in [2.05, 4.69) is 21.2 Å². The summed E-state index contributed by atoms with van der Waals surface area (Å²) in [6.45, 7) is 0.382. The second kappa shape index (κ2) is 6.50. The third kappa shape index (κ3) is 3.59. The summed E-state index contributed by atoms with van der Waals surface area (Å²) in [5, 5.41) is 2.87. The summed E-state index contributed by atoms with van der Waals surface area (Å²) in [4.78, 5) is 25.9. The average Bonchev–Trinajstić information content (AvgIpc) is 2.89. The van der Waals surface area contributed by atoms with Crippen molar-refractivity contribution in [1.82, 2.24) is 5.32 Å². The second-order valence-corrected chi connectivity index (χ2v) is 6.28. The van der Waals surface area contributed by atoms with Crippen LogP contribution in [0, 0.1) is 5.82 Å². The Morgan fingerprint density at radius 3 is 2.43 bits per heavy atom. The molecule has 0 saturated carbocycles. The molecule has 1 saturated heterocycles. The normalized spacial score (nSPS) is 17.4. The first kappa shape index (κ1) is 15.7. The van der Waals surface area contributed by atoms with Crippen LogP contribution in [-0.2, 0) is 4.79 Å². The van der Waals surface area contributed by atoms with Crippen molar-refractivity contribution >= 4 is 33.4 Å². The maximum Gasteiger partial charge on any atom is 0.251 e. The fraction of sp³-hybridized carbons (Fsp3) is 0.176. The van der Waals surface area contributed by atoms with Crippen LogP contribution in [0.25, 0.3) is 0 Å². The minimum atomic E-state index is -0.347. The van der Waals surface area contributed by atoms with Gasteiger partial charge in [-0.15, -0.1) is 0 Å². The van der Waals surface area contributed by atoms with E-state index in [0.717, 1.165) is 4.47 Å². The van der Waals surface area contributed by atoms with E-state index < -0.39 is 0 Å². The maximum atomic E-state index is 13.0.